The van der Waals surface area contributed by atoms with Crippen LogP contribution in [-0.4, -0.2) is 7.38 Å². The molecule has 0 nitrogen and oxygen atoms in total. The van der Waals surface area contributed by atoms with Crippen LogP contribution in [0, 0.1) is 0 Å². The molecule has 0 bridgehead atoms. The van der Waals surface area contributed by atoms with Crippen molar-refractivity contribution in [3.8, 4) is 9.75 Å². The summed E-state index contributed by atoms with van der Waals surface area (Å²) >= 11 is 10.1. The third-order valence-corrected chi connectivity index (χ3v) is 8.83. The molecule has 0 aliphatic heterocycles. The summed E-state index contributed by atoms with van der Waals surface area (Å²) in [5, 5.41) is 4.43. The molecule has 0 atom stereocenters. The molecule has 0 radical (unpaired) electrons. The van der Waals surface area contributed by atoms with Gasteiger partial charge in [0.05, 0.1) is 0 Å². The van der Waals surface area contributed by atoms with Gasteiger partial charge in [0.25, 0.3) is 0 Å². The van der Waals surface area contributed by atoms with Crippen molar-refractivity contribution in [2.75, 3.05) is 0 Å². The van der Waals surface area contributed by atoms with Gasteiger partial charge in [-0.1, -0.05) is 70.5 Å². The second kappa shape index (κ2) is 11.6. The maximum absolute atomic E-state index is 6.36. The summed E-state index contributed by atoms with van der Waals surface area (Å²) in [6, 6.07) is 8.01. The topological polar surface area (TPSA) is 0 Å². The molecule has 0 N–H and O–H groups in total. The van der Waals surface area contributed by atoms with Crippen LogP contribution in [0.1, 0.15) is 63.4 Å². The van der Waals surface area contributed by atoms with Crippen LogP contribution in [0.5, 0.6) is 0 Å². The van der Waals surface area contributed by atoms with Crippen molar-refractivity contribution in [3.63, 3.8) is 0 Å². The molecule has 25 heavy (non-hydrogen) atoms. The van der Waals surface area contributed by atoms with Gasteiger partial charge in [0.1, 0.15) is 7.38 Å². The Hall–Kier alpha value is -0.0931. The summed E-state index contributed by atoms with van der Waals surface area (Å²) in [6.07, 6.45) is 13.7. The maximum atomic E-state index is 6.36. The average Bonchev–Trinajstić information content (AvgIpc) is 3.22. The van der Waals surface area contributed by atoms with Gasteiger partial charge in [0.2, 0.25) is 0 Å². The fourth-order valence-electron chi connectivity index (χ4n) is 3.25. The number of aryl methyl sites for hydroxylation is 1. The summed E-state index contributed by atoms with van der Waals surface area (Å²) < 4.78 is 0. The average molecular weight is 413 g/mol. The first-order valence-electron chi connectivity index (χ1n) is 9.85. The van der Waals surface area contributed by atoms with Gasteiger partial charge >= 0.3 is 0 Å². The second-order valence-corrected chi connectivity index (χ2v) is 16.5. The smallest absolute Gasteiger partial charge is 0.150 e. The summed E-state index contributed by atoms with van der Waals surface area (Å²) in [5.41, 5.74) is 1.55. The molecule has 4 heteroatoms. The lowest BCUT2D eigenvalue weighted by molar-refractivity contribution is 0.564. The van der Waals surface area contributed by atoms with E-state index in [1.54, 1.807) is 5.56 Å². The van der Waals surface area contributed by atoms with Crippen molar-refractivity contribution in [1.82, 2.24) is 0 Å². The minimum absolute atomic E-state index is 1.24. The summed E-state index contributed by atoms with van der Waals surface area (Å²) in [7, 11) is -1.32. The number of thiophene rings is 2. The molecule has 0 saturated heterocycles. The van der Waals surface area contributed by atoms with Crippen molar-refractivity contribution in [2.24, 2.45) is 0 Å². The molecule has 0 amide bonds. The SMILES string of the molecule is C[Si](C)(Cl)CCCCCCCCCCCc1ccsc1-c1cccs1. The minimum atomic E-state index is -1.32. The van der Waals surface area contributed by atoms with Crippen LogP contribution >= 0.6 is 33.8 Å². The lowest BCUT2D eigenvalue weighted by Gasteiger charge is -2.11. The van der Waals surface area contributed by atoms with E-state index in [-0.39, 0.29) is 0 Å². The van der Waals surface area contributed by atoms with Crippen LogP contribution in [0.15, 0.2) is 29.0 Å². The van der Waals surface area contributed by atoms with Crippen LogP contribution < -0.4 is 0 Å². The first-order chi connectivity index (χ1) is 12.1. The Morgan fingerprint density at radius 3 is 2.04 bits per heavy atom. The lowest BCUT2D eigenvalue weighted by atomic mass is 10.0. The molecular formula is C21H33ClS2Si. The highest BCUT2D eigenvalue weighted by molar-refractivity contribution is 7.20. The minimum Gasteiger partial charge on any atom is -0.168 e. The van der Waals surface area contributed by atoms with E-state index in [0.29, 0.717) is 0 Å². The van der Waals surface area contributed by atoms with E-state index >= 15 is 0 Å². The maximum Gasteiger partial charge on any atom is 0.150 e. The molecular weight excluding hydrogens is 380 g/mol. The van der Waals surface area contributed by atoms with Crippen LogP contribution in [0.3, 0.4) is 0 Å². The molecule has 2 heterocycles. The molecule has 2 rings (SSSR count). The van der Waals surface area contributed by atoms with Gasteiger partial charge in [-0.25, -0.2) is 0 Å². The number of hydrogen-bond donors (Lipinski definition) is 0. The fraction of sp³-hybridized carbons (Fsp3) is 0.619. The first-order valence-corrected chi connectivity index (χ1v) is 15.8. The molecule has 0 aliphatic carbocycles. The predicted octanol–water partition coefficient (Wildman–Crippen LogP) is 8.97. The molecule has 0 aliphatic rings. The summed E-state index contributed by atoms with van der Waals surface area (Å²) in [6.45, 7) is 4.52. The van der Waals surface area contributed by atoms with Gasteiger partial charge < -0.3 is 0 Å². The normalized spacial score (nSPS) is 12.0. The van der Waals surface area contributed by atoms with Crippen LogP contribution in [0.2, 0.25) is 19.1 Å². The Balaban J connectivity index is 1.46. The third-order valence-electron chi connectivity index (χ3n) is 4.71. The van der Waals surface area contributed by atoms with Gasteiger partial charge in [-0.2, -0.15) is 11.1 Å². The summed E-state index contributed by atoms with van der Waals surface area (Å²) in [4.78, 5) is 2.93. The van der Waals surface area contributed by atoms with E-state index in [1.165, 1.54) is 80.0 Å². The molecule has 140 valence electrons. The lowest BCUT2D eigenvalue weighted by Crippen LogP contribution is -2.14. The van der Waals surface area contributed by atoms with Gasteiger partial charge in [-0.3, -0.25) is 0 Å². The van der Waals surface area contributed by atoms with Crippen LogP contribution in [-0.2, 0) is 6.42 Å². The van der Waals surface area contributed by atoms with E-state index in [9.17, 15) is 0 Å². The van der Waals surface area contributed by atoms with Gasteiger partial charge in [0, 0.05) is 9.75 Å². The van der Waals surface area contributed by atoms with E-state index in [1.807, 2.05) is 22.7 Å². The quantitative estimate of drug-likeness (QED) is 0.175. The van der Waals surface area contributed by atoms with Crippen molar-refractivity contribution >= 4 is 41.1 Å². The standard InChI is InChI=1S/C21H33ClS2Si/c1-25(2,22)18-11-9-7-5-3-4-6-8-10-13-19-15-17-24-21(19)20-14-12-16-23-20/h12,14-17H,3-11,13,18H2,1-2H3. The fourth-order valence-corrected chi connectivity index (χ4v) is 6.61. The van der Waals surface area contributed by atoms with E-state index in [0.717, 1.165) is 0 Å². The Morgan fingerprint density at radius 2 is 1.44 bits per heavy atom. The van der Waals surface area contributed by atoms with E-state index in [2.05, 4.69) is 42.1 Å². The molecule has 2 aromatic heterocycles. The van der Waals surface area contributed by atoms with Crippen LogP contribution in [0.25, 0.3) is 9.75 Å². The molecule has 0 unspecified atom stereocenters. The van der Waals surface area contributed by atoms with Gasteiger partial charge in [-0.15, -0.1) is 22.7 Å². The molecule has 0 saturated carbocycles. The Bertz CT molecular complexity index is 569. The Kier molecular flexibility index (Phi) is 9.83. The molecule has 0 fully saturated rings. The monoisotopic (exact) mass is 412 g/mol. The van der Waals surface area contributed by atoms with E-state index in [4.69, 9.17) is 11.1 Å². The van der Waals surface area contributed by atoms with Crippen LogP contribution in [0.4, 0.5) is 0 Å². The highest BCUT2D eigenvalue weighted by Gasteiger charge is 2.15. The van der Waals surface area contributed by atoms with Gasteiger partial charge in [-0.05, 0) is 47.3 Å². The van der Waals surface area contributed by atoms with Gasteiger partial charge in [0.15, 0.2) is 0 Å². The Labute approximate surface area is 168 Å². The van der Waals surface area contributed by atoms with Crippen molar-refractivity contribution in [3.05, 3.63) is 34.5 Å². The predicted molar refractivity (Wildman–Crippen MR) is 121 cm³/mol. The molecule has 0 spiro atoms. The van der Waals surface area contributed by atoms with E-state index < -0.39 is 7.38 Å². The zero-order valence-corrected chi connectivity index (χ0v) is 19.2. The summed E-state index contributed by atoms with van der Waals surface area (Å²) in [5.74, 6) is 0. The van der Waals surface area contributed by atoms with Crippen molar-refractivity contribution in [2.45, 2.75) is 83.3 Å². The van der Waals surface area contributed by atoms with Crippen molar-refractivity contribution in [1.29, 1.82) is 0 Å². The largest absolute Gasteiger partial charge is 0.168 e. The third kappa shape index (κ3) is 8.90. The number of unbranched alkanes of at least 4 members (excludes halogenated alkanes) is 8. The zero-order valence-electron chi connectivity index (χ0n) is 15.9. The zero-order chi connectivity index (χ0) is 18.0. The second-order valence-electron chi connectivity index (χ2n) is 7.65. The Morgan fingerprint density at radius 1 is 0.800 bits per heavy atom. The highest BCUT2D eigenvalue weighted by atomic mass is 35.6. The number of hydrogen-bond acceptors (Lipinski definition) is 2. The number of rotatable bonds is 13. The van der Waals surface area contributed by atoms with Crippen molar-refractivity contribution < 1.29 is 0 Å². The molecule has 2 aromatic rings. The first kappa shape index (κ1) is 21.2. The molecule has 0 aromatic carbocycles. The number of halogens is 1. The highest BCUT2D eigenvalue weighted by Crippen LogP contribution is 2.33.